The van der Waals surface area contributed by atoms with Crippen LogP contribution in [0.5, 0.6) is 23.0 Å². The first-order valence-corrected chi connectivity index (χ1v) is 15.8. The van der Waals surface area contributed by atoms with Gasteiger partial charge in [-0.25, -0.2) is 0 Å². The summed E-state index contributed by atoms with van der Waals surface area (Å²) in [6.07, 6.45) is 0. The molecule has 0 aliphatic heterocycles. The molecular formula is C44H36O4. The lowest BCUT2D eigenvalue weighted by molar-refractivity contribution is 0.474. The highest BCUT2D eigenvalue weighted by Gasteiger charge is 2.38. The summed E-state index contributed by atoms with van der Waals surface area (Å²) in [5.74, 6) is 1.07. The highest BCUT2D eigenvalue weighted by Crippen LogP contribution is 2.45. The third kappa shape index (κ3) is 6.79. The SMILES string of the molecule is Oc1ccc(C(c2ccccc2)(c2ccccc2)c2ccc(O)cc2)cc1.Oc1ccc(C(c2ccccc2)c2ccc(O)cc2)cc1. The lowest BCUT2D eigenvalue weighted by Crippen LogP contribution is -2.30. The molecule has 7 aromatic rings. The Morgan fingerprint density at radius 2 is 0.521 bits per heavy atom. The van der Waals surface area contributed by atoms with E-state index in [1.165, 1.54) is 5.56 Å². The van der Waals surface area contributed by atoms with Gasteiger partial charge in [-0.2, -0.15) is 0 Å². The van der Waals surface area contributed by atoms with Crippen molar-refractivity contribution in [1.29, 1.82) is 0 Å². The van der Waals surface area contributed by atoms with Gasteiger partial charge >= 0.3 is 0 Å². The Hall–Kier alpha value is -6.26. The molecule has 48 heavy (non-hydrogen) atoms. The summed E-state index contributed by atoms with van der Waals surface area (Å²) in [4.78, 5) is 0. The first kappa shape index (κ1) is 31.7. The van der Waals surface area contributed by atoms with Crippen molar-refractivity contribution in [3.8, 4) is 23.0 Å². The zero-order valence-corrected chi connectivity index (χ0v) is 26.3. The van der Waals surface area contributed by atoms with Crippen molar-refractivity contribution in [2.75, 3.05) is 0 Å². The minimum atomic E-state index is -0.566. The van der Waals surface area contributed by atoms with E-state index in [1.54, 1.807) is 48.5 Å². The van der Waals surface area contributed by atoms with Gasteiger partial charge in [0.05, 0.1) is 5.41 Å². The highest BCUT2D eigenvalue weighted by atomic mass is 16.3. The molecule has 0 heterocycles. The fourth-order valence-corrected chi connectivity index (χ4v) is 6.36. The van der Waals surface area contributed by atoms with Gasteiger partial charge in [0.25, 0.3) is 0 Å². The van der Waals surface area contributed by atoms with Crippen LogP contribution in [-0.2, 0) is 5.41 Å². The molecule has 0 unspecified atom stereocenters. The standard InChI is InChI=1S/C25H20O2.C19H16O2/c26-23-15-11-21(12-16-23)25(19-7-3-1-4-8-19,20-9-5-2-6-10-20)22-13-17-24(27)18-14-22;20-17-10-6-15(7-11-17)19(14-4-2-1-3-5-14)16-8-12-18(21)13-9-16/h1-18,26-27H;1-13,19-21H. The minimum Gasteiger partial charge on any atom is -0.508 e. The first-order valence-electron chi connectivity index (χ1n) is 15.8. The van der Waals surface area contributed by atoms with Crippen LogP contribution in [0.1, 0.15) is 44.9 Å². The summed E-state index contributed by atoms with van der Waals surface area (Å²) < 4.78 is 0. The van der Waals surface area contributed by atoms with Gasteiger partial charge in [0.1, 0.15) is 23.0 Å². The second-order valence-corrected chi connectivity index (χ2v) is 11.6. The molecule has 4 N–H and O–H groups in total. The second-order valence-electron chi connectivity index (χ2n) is 11.6. The van der Waals surface area contributed by atoms with E-state index in [4.69, 9.17) is 0 Å². The summed E-state index contributed by atoms with van der Waals surface area (Å²) in [7, 11) is 0. The van der Waals surface area contributed by atoms with Gasteiger partial charge in [-0.15, -0.1) is 0 Å². The number of aromatic hydroxyl groups is 4. The smallest absolute Gasteiger partial charge is 0.115 e. The van der Waals surface area contributed by atoms with E-state index < -0.39 is 5.41 Å². The summed E-state index contributed by atoms with van der Waals surface area (Å²) in [6, 6.07) is 60.1. The maximum Gasteiger partial charge on any atom is 0.115 e. The third-order valence-electron chi connectivity index (χ3n) is 8.60. The van der Waals surface area contributed by atoms with E-state index in [9.17, 15) is 20.4 Å². The maximum absolute atomic E-state index is 9.84. The van der Waals surface area contributed by atoms with E-state index in [0.717, 1.165) is 33.4 Å². The summed E-state index contributed by atoms with van der Waals surface area (Å²) in [5.41, 5.74) is 7.14. The van der Waals surface area contributed by atoms with Gasteiger partial charge in [-0.3, -0.25) is 0 Å². The van der Waals surface area contributed by atoms with E-state index in [-0.39, 0.29) is 28.9 Å². The van der Waals surface area contributed by atoms with E-state index in [0.29, 0.717) is 0 Å². The molecule has 0 saturated heterocycles. The number of rotatable bonds is 7. The topological polar surface area (TPSA) is 80.9 Å². The quantitative estimate of drug-likeness (QED) is 0.133. The normalized spacial score (nSPS) is 11.0. The van der Waals surface area contributed by atoms with Gasteiger partial charge in [0.15, 0.2) is 0 Å². The van der Waals surface area contributed by atoms with Crippen LogP contribution in [0, 0.1) is 0 Å². The molecule has 7 rings (SSSR count). The molecular weight excluding hydrogens is 592 g/mol. The molecule has 0 radical (unpaired) electrons. The molecule has 0 aliphatic rings. The average Bonchev–Trinajstić information content (AvgIpc) is 3.13. The number of phenols is 4. The van der Waals surface area contributed by atoms with Crippen molar-refractivity contribution < 1.29 is 20.4 Å². The predicted octanol–water partition coefficient (Wildman–Crippen LogP) is 9.76. The Morgan fingerprint density at radius 1 is 0.271 bits per heavy atom. The van der Waals surface area contributed by atoms with Crippen molar-refractivity contribution in [2.45, 2.75) is 11.3 Å². The monoisotopic (exact) mass is 628 g/mol. The van der Waals surface area contributed by atoms with Crippen LogP contribution in [0.25, 0.3) is 0 Å². The molecule has 4 heteroatoms. The zero-order chi connectivity index (χ0) is 33.3. The van der Waals surface area contributed by atoms with E-state index >= 15 is 0 Å². The van der Waals surface area contributed by atoms with Gasteiger partial charge < -0.3 is 20.4 Å². The van der Waals surface area contributed by atoms with E-state index in [1.807, 2.05) is 103 Å². The van der Waals surface area contributed by atoms with Crippen LogP contribution in [0.2, 0.25) is 0 Å². The molecule has 0 atom stereocenters. The molecule has 4 nitrogen and oxygen atoms in total. The van der Waals surface area contributed by atoms with Crippen molar-refractivity contribution in [1.82, 2.24) is 0 Å². The molecule has 0 fully saturated rings. The van der Waals surface area contributed by atoms with Crippen LogP contribution >= 0.6 is 0 Å². The number of hydrogen-bond donors (Lipinski definition) is 4. The largest absolute Gasteiger partial charge is 0.508 e. The molecule has 0 saturated carbocycles. The van der Waals surface area contributed by atoms with Gasteiger partial charge in [0.2, 0.25) is 0 Å². The molecule has 0 aromatic heterocycles. The van der Waals surface area contributed by atoms with Gasteiger partial charge in [0, 0.05) is 5.92 Å². The minimum absolute atomic E-state index is 0.0763. The Balaban J connectivity index is 0.000000173. The molecule has 0 spiro atoms. The van der Waals surface area contributed by atoms with Crippen molar-refractivity contribution in [2.24, 2.45) is 0 Å². The Bertz CT molecular complexity index is 1870. The molecule has 236 valence electrons. The Kier molecular flexibility index (Phi) is 9.54. The van der Waals surface area contributed by atoms with Crippen LogP contribution in [0.3, 0.4) is 0 Å². The van der Waals surface area contributed by atoms with Crippen molar-refractivity contribution in [3.05, 3.63) is 227 Å². The average molecular weight is 629 g/mol. The fourth-order valence-electron chi connectivity index (χ4n) is 6.36. The molecule has 0 amide bonds. The van der Waals surface area contributed by atoms with Crippen molar-refractivity contribution in [3.63, 3.8) is 0 Å². The number of hydrogen-bond acceptors (Lipinski definition) is 4. The Morgan fingerprint density at radius 3 is 0.854 bits per heavy atom. The summed E-state index contributed by atoms with van der Waals surface area (Å²) in [5, 5.41) is 38.6. The maximum atomic E-state index is 9.84. The van der Waals surface area contributed by atoms with Gasteiger partial charge in [-0.05, 0) is 87.5 Å². The first-order chi connectivity index (χ1) is 23.4. The fraction of sp³-hybridized carbons (Fsp3) is 0.0455. The highest BCUT2D eigenvalue weighted by molar-refractivity contribution is 5.60. The lowest BCUT2D eigenvalue weighted by Gasteiger charge is -2.36. The van der Waals surface area contributed by atoms with Crippen LogP contribution < -0.4 is 0 Å². The van der Waals surface area contributed by atoms with E-state index in [2.05, 4.69) is 36.4 Å². The zero-order valence-electron chi connectivity index (χ0n) is 26.3. The number of benzene rings is 7. The summed E-state index contributed by atoms with van der Waals surface area (Å²) in [6.45, 7) is 0. The Labute approximate surface area is 281 Å². The second kappa shape index (κ2) is 14.4. The van der Waals surface area contributed by atoms with Gasteiger partial charge in [-0.1, -0.05) is 140 Å². The number of phenolic OH excluding ortho intramolecular Hbond substituents is 4. The third-order valence-corrected chi connectivity index (χ3v) is 8.60. The molecule has 0 aliphatic carbocycles. The van der Waals surface area contributed by atoms with Crippen LogP contribution in [0.15, 0.2) is 188 Å². The van der Waals surface area contributed by atoms with Crippen LogP contribution in [0.4, 0.5) is 0 Å². The predicted molar refractivity (Wildman–Crippen MR) is 192 cm³/mol. The molecule has 0 bridgehead atoms. The summed E-state index contributed by atoms with van der Waals surface area (Å²) >= 11 is 0. The molecule has 7 aromatic carbocycles. The van der Waals surface area contributed by atoms with Crippen molar-refractivity contribution >= 4 is 0 Å². The van der Waals surface area contributed by atoms with Crippen LogP contribution in [-0.4, -0.2) is 20.4 Å². The lowest BCUT2D eigenvalue weighted by atomic mass is 9.65.